The first-order chi connectivity index (χ1) is 6.42. The van der Waals surface area contributed by atoms with Crippen LogP contribution in [0.15, 0.2) is 0 Å². The van der Waals surface area contributed by atoms with Crippen LogP contribution in [0.4, 0.5) is 0 Å². The van der Waals surface area contributed by atoms with Gasteiger partial charge in [-0.1, -0.05) is 20.8 Å². The predicted octanol–water partition coefficient (Wildman–Crippen LogP) is 1.26. The molecule has 1 atom stereocenters. The molecule has 1 heterocycles. The van der Waals surface area contributed by atoms with Crippen LogP contribution in [0, 0.1) is 11.3 Å². The van der Waals surface area contributed by atoms with Gasteiger partial charge in [0.2, 0.25) is 5.91 Å². The second-order valence-corrected chi connectivity index (χ2v) is 5.42. The number of aliphatic hydroxyl groups is 1. The summed E-state index contributed by atoms with van der Waals surface area (Å²) in [5.74, 6) is 0.493. The maximum absolute atomic E-state index is 11.2. The average molecular weight is 199 g/mol. The van der Waals surface area contributed by atoms with Crippen LogP contribution in [0.1, 0.15) is 33.6 Å². The van der Waals surface area contributed by atoms with E-state index in [0.717, 1.165) is 25.9 Å². The Bertz CT molecular complexity index is 208. The first-order valence-electron chi connectivity index (χ1n) is 5.31. The molecule has 0 saturated carbocycles. The van der Waals surface area contributed by atoms with Gasteiger partial charge in [0.05, 0.1) is 0 Å². The highest BCUT2D eigenvalue weighted by Crippen LogP contribution is 2.30. The summed E-state index contributed by atoms with van der Waals surface area (Å²) in [5, 5.41) is 8.72. The van der Waals surface area contributed by atoms with Crippen LogP contribution >= 0.6 is 0 Å². The van der Waals surface area contributed by atoms with Gasteiger partial charge in [-0.05, 0) is 24.2 Å². The highest BCUT2D eigenvalue weighted by Gasteiger charge is 2.28. The molecule has 14 heavy (non-hydrogen) atoms. The molecular formula is C11H21NO2. The largest absolute Gasteiger partial charge is 0.387 e. The van der Waals surface area contributed by atoms with E-state index in [-0.39, 0.29) is 12.5 Å². The number of likely N-dealkylation sites (tertiary alicyclic amines) is 1. The fourth-order valence-electron chi connectivity index (χ4n) is 2.19. The van der Waals surface area contributed by atoms with Crippen molar-refractivity contribution in [3.8, 4) is 0 Å². The van der Waals surface area contributed by atoms with Gasteiger partial charge in [0.1, 0.15) is 6.61 Å². The van der Waals surface area contributed by atoms with Crippen molar-refractivity contribution in [1.29, 1.82) is 0 Å². The first kappa shape index (κ1) is 11.5. The van der Waals surface area contributed by atoms with Crippen molar-refractivity contribution >= 4 is 5.91 Å². The molecule has 1 amide bonds. The van der Waals surface area contributed by atoms with Crippen LogP contribution in [0.5, 0.6) is 0 Å². The molecular weight excluding hydrogens is 178 g/mol. The van der Waals surface area contributed by atoms with Crippen molar-refractivity contribution in [1.82, 2.24) is 4.90 Å². The summed E-state index contributed by atoms with van der Waals surface area (Å²) in [6, 6.07) is 0. The minimum atomic E-state index is -0.345. The number of hydrogen-bond acceptors (Lipinski definition) is 2. The van der Waals surface area contributed by atoms with E-state index in [1.807, 2.05) is 0 Å². The minimum absolute atomic E-state index is 0.124. The molecule has 0 aromatic rings. The standard InChI is InChI=1S/C11H21NO2/c1-11(2,3)6-9-4-5-12(7-9)10(14)8-13/h9,13H,4-8H2,1-3H3. The fourth-order valence-corrected chi connectivity index (χ4v) is 2.19. The van der Waals surface area contributed by atoms with E-state index < -0.39 is 0 Å². The van der Waals surface area contributed by atoms with Gasteiger partial charge in [0.15, 0.2) is 0 Å². The van der Waals surface area contributed by atoms with Crippen LogP contribution in [-0.2, 0) is 4.79 Å². The van der Waals surface area contributed by atoms with E-state index in [0.29, 0.717) is 11.3 Å². The number of carbonyl (C=O) groups excluding carboxylic acids is 1. The van der Waals surface area contributed by atoms with Crippen molar-refractivity contribution in [3.05, 3.63) is 0 Å². The maximum atomic E-state index is 11.2. The van der Waals surface area contributed by atoms with E-state index in [9.17, 15) is 4.79 Å². The number of aliphatic hydroxyl groups excluding tert-OH is 1. The lowest BCUT2D eigenvalue weighted by Gasteiger charge is -2.23. The van der Waals surface area contributed by atoms with Gasteiger partial charge in [-0.15, -0.1) is 0 Å². The zero-order valence-electron chi connectivity index (χ0n) is 9.42. The van der Waals surface area contributed by atoms with Gasteiger partial charge in [0.25, 0.3) is 0 Å². The van der Waals surface area contributed by atoms with Gasteiger partial charge >= 0.3 is 0 Å². The van der Waals surface area contributed by atoms with Crippen LogP contribution in [0.25, 0.3) is 0 Å². The molecule has 0 aliphatic carbocycles. The summed E-state index contributed by atoms with van der Waals surface area (Å²) >= 11 is 0. The first-order valence-corrected chi connectivity index (χ1v) is 5.31. The molecule has 0 spiro atoms. The van der Waals surface area contributed by atoms with Gasteiger partial charge in [-0.3, -0.25) is 4.79 Å². The van der Waals surface area contributed by atoms with Gasteiger partial charge in [-0.25, -0.2) is 0 Å². The smallest absolute Gasteiger partial charge is 0.248 e. The zero-order chi connectivity index (χ0) is 10.8. The van der Waals surface area contributed by atoms with Crippen LogP contribution < -0.4 is 0 Å². The highest BCUT2D eigenvalue weighted by atomic mass is 16.3. The number of amides is 1. The van der Waals surface area contributed by atoms with Gasteiger partial charge in [-0.2, -0.15) is 0 Å². The molecule has 82 valence electrons. The third kappa shape index (κ3) is 3.29. The minimum Gasteiger partial charge on any atom is -0.387 e. The van der Waals surface area contributed by atoms with E-state index >= 15 is 0 Å². The summed E-state index contributed by atoms with van der Waals surface area (Å²) in [5.41, 5.74) is 0.336. The molecule has 0 aromatic carbocycles. The lowest BCUT2D eigenvalue weighted by Crippen LogP contribution is -2.31. The zero-order valence-corrected chi connectivity index (χ0v) is 9.42. The topological polar surface area (TPSA) is 40.5 Å². The molecule has 0 radical (unpaired) electrons. The van der Waals surface area contributed by atoms with E-state index in [2.05, 4.69) is 20.8 Å². The van der Waals surface area contributed by atoms with Gasteiger partial charge in [0, 0.05) is 13.1 Å². The lowest BCUT2D eigenvalue weighted by molar-refractivity contribution is -0.133. The van der Waals surface area contributed by atoms with Crippen LogP contribution in [0.3, 0.4) is 0 Å². The van der Waals surface area contributed by atoms with E-state index in [1.165, 1.54) is 0 Å². The maximum Gasteiger partial charge on any atom is 0.248 e. The van der Waals surface area contributed by atoms with Gasteiger partial charge < -0.3 is 10.0 Å². The fraction of sp³-hybridized carbons (Fsp3) is 0.909. The second kappa shape index (κ2) is 4.30. The molecule has 3 heteroatoms. The Balaban J connectivity index is 2.38. The number of rotatable bonds is 2. The molecule has 1 fully saturated rings. The molecule has 1 saturated heterocycles. The third-order valence-electron chi connectivity index (χ3n) is 2.67. The van der Waals surface area contributed by atoms with E-state index in [4.69, 9.17) is 5.11 Å². The van der Waals surface area contributed by atoms with E-state index in [1.54, 1.807) is 4.90 Å². The number of nitrogens with zero attached hydrogens (tertiary/aromatic N) is 1. The summed E-state index contributed by atoms with van der Waals surface area (Å²) in [7, 11) is 0. The number of hydrogen-bond donors (Lipinski definition) is 1. The van der Waals surface area contributed by atoms with Crippen molar-refractivity contribution < 1.29 is 9.90 Å². The van der Waals surface area contributed by atoms with Crippen LogP contribution in [0.2, 0.25) is 0 Å². The van der Waals surface area contributed by atoms with Crippen molar-refractivity contribution in [2.24, 2.45) is 11.3 Å². The Morgan fingerprint density at radius 2 is 2.14 bits per heavy atom. The summed E-state index contributed by atoms with van der Waals surface area (Å²) < 4.78 is 0. The third-order valence-corrected chi connectivity index (χ3v) is 2.67. The molecule has 1 unspecified atom stereocenters. The Labute approximate surface area is 86.1 Å². The van der Waals surface area contributed by atoms with Crippen molar-refractivity contribution in [2.45, 2.75) is 33.6 Å². The normalized spacial score (nSPS) is 22.9. The molecule has 3 nitrogen and oxygen atoms in total. The van der Waals surface area contributed by atoms with Crippen LogP contribution in [-0.4, -0.2) is 35.6 Å². The Kier molecular flexibility index (Phi) is 3.53. The Morgan fingerprint density at radius 3 is 2.64 bits per heavy atom. The molecule has 1 aliphatic heterocycles. The molecule has 0 aromatic heterocycles. The summed E-state index contributed by atoms with van der Waals surface area (Å²) in [6.45, 7) is 7.98. The number of carbonyl (C=O) groups is 1. The van der Waals surface area contributed by atoms with Crippen molar-refractivity contribution in [3.63, 3.8) is 0 Å². The summed E-state index contributed by atoms with van der Waals surface area (Å²) in [6.07, 6.45) is 2.24. The molecule has 0 bridgehead atoms. The Morgan fingerprint density at radius 1 is 1.50 bits per heavy atom. The Hall–Kier alpha value is -0.570. The molecule has 1 aliphatic rings. The quantitative estimate of drug-likeness (QED) is 0.727. The SMILES string of the molecule is CC(C)(C)CC1CCN(C(=O)CO)C1. The molecule has 1 N–H and O–H groups in total. The predicted molar refractivity (Wildman–Crippen MR) is 55.8 cm³/mol. The monoisotopic (exact) mass is 199 g/mol. The lowest BCUT2D eigenvalue weighted by atomic mass is 9.84. The highest BCUT2D eigenvalue weighted by molar-refractivity contribution is 5.77. The molecule has 1 rings (SSSR count). The van der Waals surface area contributed by atoms with Crippen molar-refractivity contribution in [2.75, 3.05) is 19.7 Å². The average Bonchev–Trinajstić information content (AvgIpc) is 2.48. The second-order valence-electron chi connectivity index (χ2n) is 5.42. The summed E-state index contributed by atoms with van der Waals surface area (Å²) in [4.78, 5) is 13.0.